The van der Waals surface area contributed by atoms with Crippen molar-refractivity contribution >= 4 is 0 Å². The van der Waals surface area contributed by atoms with Crippen LogP contribution in [0, 0.1) is 19.7 Å². The van der Waals surface area contributed by atoms with E-state index in [1.54, 1.807) is 23.7 Å². The molecule has 5 heteroatoms. The Kier molecular flexibility index (Phi) is 3.06. The van der Waals surface area contributed by atoms with Gasteiger partial charge in [0.15, 0.2) is 0 Å². The highest BCUT2D eigenvalue weighted by atomic mass is 19.1. The van der Waals surface area contributed by atoms with Gasteiger partial charge in [-0.3, -0.25) is 0 Å². The summed E-state index contributed by atoms with van der Waals surface area (Å²) in [7, 11) is 0. The molecule has 0 atom stereocenters. The van der Waals surface area contributed by atoms with Crippen LogP contribution in [-0.4, -0.2) is 20.8 Å². The van der Waals surface area contributed by atoms with Gasteiger partial charge in [0, 0.05) is 12.6 Å². The van der Waals surface area contributed by atoms with Gasteiger partial charge in [-0.15, -0.1) is 0 Å². The SMILES string of the molecule is Cc1nc(C)n(-c2ccc(CNC3CC3)cc2F)n1. The summed E-state index contributed by atoms with van der Waals surface area (Å²) in [6, 6.07) is 5.90. The normalized spacial score (nSPS) is 14.9. The van der Waals surface area contributed by atoms with Gasteiger partial charge in [0.25, 0.3) is 0 Å². The Labute approximate surface area is 111 Å². The van der Waals surface area contributed by atoms with Crippen LogP contribution in [0.3, 0.4) is 0 Å². The van der Waals surface area contributed by atoms with Crippen molar-refractivity contribution in [1.29, 1.82) is 0 Å². The van der Waals surface area contributed by atoms with Crippen LogP contribution < -0.4 is 5.32 Å². The van der Waals surface area contributed by atoms with E-state index < -0.39 is 0 Å². The maximum absolute atomic E-state index is 14.1. The molecule has 1 fully saturated rings. The van der Waals surface area contributed by atoms with Crippen LogP contribution in [0.25, 0.3) is 5.69 Å². The first kappa shape index (κ1) is 12.3. The molecule has 3 rings (SSSR count). The largest absolute Gasteiger partial charge is 0.310 e. The number of hydrogen-bond acceptors (Lipinski definition) is 3. The lowest BCUT2D eigenvalue weighted by atomic mass is 10.2. The second-order valence-electron chi connectivity index (χ2n) is 5.06. The number of nitrogens with one attached hydrogen (secondary N) is 1. The van der Waals surface area contributed by atoms with E-state index in [0.717, 1.165) is 12.1 Å². The highest BCUT2D eigenvalue weighted by molar-refractivity contribution is 5.36. The lowest BCUT2D eigenvalue weighted by molar-refractivity contribution is 0.601. The van der Waals surface area contributed by atoms with E-state index in [4.69, 9.17) is 0 Å². The van der Waals surface area contributed by atoms with Gasteiger partial charge < -0.3 is 5.32 Å². The van der Waals surface area contributed by atoms with Crippen LogP contribution in [0.2, 0.25) is 0 Å². The number of rotatable bonds is 4. The van der Waals surface area contributed by atoms with Crippen LogP contribution in [0.4, 0.5) is 4.39 Å². The average Bonchev–Trinajstić information content (AvgIpc) is 3.12. The third-order valence-electron chi connectivity index (χ3n) is 3.29. The van der Waals surface area contributed by atoms with Gasteiger partial charge in [0.1, 0.15) is 23.2 Å². The highest BCUT2D eigenvalue weighted by Crippen LogP contribution is 2.20. The topological polar surface area (TPSA) is 42.7 Å². The molecule has 0 unspecified atom stereocenters. The Morgan fingerprint density at radius 2 is 2.16 bits per heavy atom. The summed E-state index contributed by atoms with van der Waals surface area (Å²) in [6.07, 6.45) is 2.47. The maximum Gasteiger partial charge on any atom is 0.149 e. The summed E-state index contributed by atoms with van der Waals surface area (Å²) >= 11 is 0. The van der Waals surface area contributed by atoms with E-state index in [1.807, 2.05) is 13.0 Å². The number of benzene rings is 1. The molecule has 2 aromatic rings. The quantitative estimate of drug-likeness (QED) is 0.917. The van der Waals surface area contributed by atoms with Crippen molar-refractivity contribution in [1.82, 2.24) is 20.1 Å². The molecule has 0 amide bonds. The molecule has 1 saturated carbocycles. The highest BCUT2D eigenvalue weighted by Gasteiger charge is 2.20. The number of nitrogens with zero attached hydrogens (tertiary/aromatic N) is 3. The summed E-state index contributed by atoms with van der Waals surface area (Å²) in [5.74, 6) is 1.08. The number of aryl methyl sites for hydroxylation is 2. The summed E-state index contributed by atoms with van der Waals surface area (Å²) < 4.78 is 15.7. The van der Waals surface area contributed by atoms with Gasteiger partial charge in [-0.25, -0.2) is 14.1 Å². The van der Waals surface area contributed by atoms with Crippen molar-refractivity contribution in [3.8, 4) is 5.69 Å². The molecule has 1 aliphatic rings. The molecule has 1 aromatic carbocycles. The summed E-state index contributed by atoms with van der Waals surface area (Å²) in [6.45, 7) is 4.34. The van der Waals surface area contributed by atoms with Crippen LogP contribution in [0.5, 0.6) is 0 Å². The maximum atomic E-state index is 14.1. The van der Waals surface area contributed by atoms with E-state index >= 15 is 0 Å². The fourth-order valence-corrected chi connectivity index (χ4v) is 2.13. The first-order chi connectivity index (χ1) is 9.13. The van der Waals surface area contributed by atoms with Crippen LogP contribution in [0.1, 0.15) is 30.1 Å². The molecule has 0 spiro atoms. The standard InChI is InChI=1S/C14H17FN4/c1-9-17-10(2)19(18-9)14-6-3-11(7-13(14)15)8-16-12-4-5-12/h3,6-7,12,16H,4-5,8H2,1-2H3. The lowest BCUT2D eigenvalue weighted by Crippen LogP contribution is -2.15. The molecule has 0 bridgehead atoms. The smallest absolute Gasteiger partial charge is 0.149 e. The van der Waals surface area contributed by atoms with E-state index in [1.165, 1.54) is 12.8 Å². The van der Waals surface area contributed by atoms with Crippen molar-refractivity contribution in [3.63, 3.8) is 0 Å². The van der Waals surface area contributed by atoms with Crippen molar-refractivity contribution < 1.29 is 4.39 Å². The minimum atomic E-state index is -0.261. The van der Waals surface area contributed by atoms with E-state index in [-0.39, 0.29) is 5.82 Å². The number of aromatic nitrogens is 3. The fraction of sp³-hybridized carbons (Fsp3) is 0.429. The molecular weight excluding hydrogens is 243 g/mol. The third-order valence-corrected chi connectivity index (χ3v) is 3.29. The minimum Gasteiger partial charge on any atom is -0.310 e. The predicted octanol–water partition coefficient (Wildman–Crippen LogP) is 2.28. The summed E-state index contributed by atoms with van der Waals surface area (Å²) in [5.41, 5.74) is 1.41. The molecule has 0 saturated heterocycles. The van der Waals surface area contributed by atoms with E-state index in [9.17, 15) is 4.39 Å². The lowest BCUT2D eigenvalue weighted by Gasteiger charge is -2.08. The van der Waals surface area contributed by atoms with Gasteiger partial charge in [0.2, 0.25) is 0 Å². The Morgan fingerprint density at radius 1 is 1.37 bits per heavy atom. The molecule has 100 valence electrons. The number of hydrogen-bond donors (Lipinski definition) is 1. The van der Waals surface area contributed by atoms with Crippen molar-refractivity contribution in [2.24, 2.45) is 0 Å². The zero-order valence-corrected chi connectivity index (χ0v) is 11.2. The van der Waals surface area contributed by atoms with Gasteiger partial charge in [-0.2, -0.15) is 5.10 Å². The fourth-order valence-electron chi connectivity index (χ4n) is 2.13. The van der Waals surface area contributed by atoms with Gasteiger partial charge in [-0.05, 0) is 44.4 Å². The third kappa shape index (κ3) is 2.66. The molecule has 1 aliphatic carbocycles. The second-order valence-corrected chi connectivity index (χ2v) is 5.06. The monoisotopic (exact) mass is 260 g/mol. The number of halogens is 1. The van der Waals surface area contributed by atoms with Gasteiger partial charge in [0.05, 0.1) is 0 Å². The Bertz CT molecular complexity index is 601. The summed E-state index contributed by atoms with van der Waals surface area (Å²) in [5, 5.41) is 7.58. The van der Waals surface area contributed by atoms with Crippen molar-refractivity contribution in [2.75, 3.05) is 0 Å². The molecule has 4 nitrogen and oxygen atoms in total. The molecular formula is C14H17FN4. The minimum absolute atomic E-state index is 0.261. The second kappa shape index (κ2) is 4.74. The van der Waals surface area contributed by atoms with Gasteiger partial charge in [-0.1, -0.05) is 6.07 Å². The zero-order chi connectivity index (χ0) is 13.4. The molecule has 1 N–H and O–H groups in total. The molecule has 1 heterocycles. The Morgan fingerprint density at radius 3 is 2.74 bits per heavy atom. The molecule has 19 heavy (non-hydrogen) atoms. The van der Waals surface area contributed by atoms with Crippen molar-refractivity contribution in [2.45, 2.75) is 39.3 Å². The first-order valence-corrected chi connectivity index (χ1v) is 6.56. The summed E-state index contributed by atoms with van der Waals surface area (Å²) in [4.78, 5) is 4.19. The van der Waals surface area contributed by atoms with E-state index in [2.05, 4.69) is 15.4 Å². The van der Waals surface area contributed by atoms with Crippen molar-refractivity contribution in [3.05, 3.63) is 41.2 Å². The molecule has 1 aromatic heterocycles. The van der Waals surface area contributed by atoms with Gasteiger partial charge >= 0.3 is 0 Å². The molecule has 0 radical (unpaired) electrons. The zero-order valence-electron chi connectivity index (χ0n) is 11.2. The molecule has 0 aliphatic heterocycles. The predicted molar refractivity (Wildman–Crippen MR) is 70.7 cm³/mol. The Balaban J connectivity index is 1.84. The average molecular weight is 260 g/mol. The first-order valence-electron chi connectivity index (χ1n) is 6.56. The van der Waals surface area contributed by atoms with E-state index in [0.29, 0.717) is 23.4 Å². The van der Waals surface area contributed by atoms with Crippen LogP contribution in [0.15, 0.2) is 18.2 Å². The van der Waals surface area contributed by atoms with Crippen LogP contribution in [-0.2, 0) is 6.54 Å². The van der Waals surface area contributed by atoms with Crippen LogP contribution >= 0.6 is 0 Å². The Hall–Kier alpha value is -1.75.